The standard InChI is InChI=1S/C13H28N2O/c1-11(2)16-10-9-15(4)13-7-5-12(14-3)6-8-13/h11-14H,5-10H2,1-4H3. The van der Waals surface area contributed by atoms with Crippen molar-refractivity contribution < 1.29 is 4.74 Å². The molecule has 1 aliphatic carbocycles. The quantitative estimate of drug-likeness (QED) is 0.751. The minimum absolute atomic E-state index is 0.355. The van der Waals surface area contributed by atoms with Crippen LogP contribution in [0, 0.1) is 0 Å². The molecule has 0 aromatic carbocycles. The normalized spacial score (nSPS) is 26.6. The molecule has 0 saturated heterocycles. The Morgan fingerprint density at radius 2 is 1.88 bits per heavy atom. The molecule has 0 amide bonds. The van der Waals surface area contributed by atoms with E-state index in [-0.39, 0.29) is 0 Å². The maximum Gasteiger partial charge on any atom is 0.0596 e. The van der Waals surface area contributed by atoms with E-state index in [1.54, 1.807) is 0 Å². The molecule has 3 heteroatoms. The van der Waals surface area contributed by atoms with Gasteiger partial charge in [-0.2, -0.15) is 0 Å². The van der Waals surface area contributed by atoms with Gasteiger partial charge in [-0.05, 0) is 53.6 Å². The Balaban J connectivity index is 2.15. The second-order valence-corrected chi connectivity index (χ2v) is 5.19. The Hall–Kier alpha value is -0.120. The minimum Gasteiger partial charge on any atom is -0.377 e. The van der Waals surface area contributed by atoms with Crippen LogP contribution in [0.2, 0.25) is 0 Å². The molecule has 1 fully saturated rings. The molecule has 0 aliphatic heterocycles. The van der Waals surface area contributed by atoms with Gasteiger partial charge in [-0.1, -0.05) is 0 Å². The van der Waals surface area contributed by atoms with Gasteiger partial charge in [0.15, 0.2) is 0 Å². The van der Waals surface area contributed by atoms with Crippen LogP contribution in [0.1, 0.15) is 39.5 Å². The van der Waals surface area contributed by atoms with E-state index < -0.39 is 0 Å². The molecule has 0 aromatic rings. The molecule has 1 N–H and O–H groups in total. The molecule has 1 saturated carbocycles. The largest absolute Gasteiger partial charge is 0.377 e. The van der Waals surface area contributed by atoms with Crippen molar-refractivity contribution in [3.05, 3.63) is 0 Å². The SMILES string of the molecule is CNC1CCC(N(C)CCOC(C)C)CC1. The smallest absolute Gasteiger partial charge is 0.0596 e. The molecule has 0 atom stereocenters. The lowest BCUT2D eigenvalue weighted by molar-refractivity contribution is 0.0504. The molecule has 0 unspecified atom stereocenters. The van der Waals surface area contributed by atoms with Gasteiger partial charge in [0.1, 0.15) is 0 Å². The summed E-state index contributed by atoms with van der Waals surface area (Å²) in [4.78, 5) is 2.47. The molecule has 1 rings (SSSR count). The third-order valence-electron chi connectivity index (χ3n) is 3.62. The van der Waals surface area contributed by atoms with Crippen molar-refractivity contribution in [2.24, 2.45) is 0 Å². The highest BCUT2D eigenvalue weighted by atomic mass is 16.5. The van der Waals surface area contributed by atoms with Gasteiger partial charge in [0, 0.05) is 18.6 Å². The van der Waals surface area contributed by atoms with E-state index in [1.807, 2.05) is 0 Å². The number of ether oxygens (including phenoxy) is 1. The summed E-state index contributed by atoms with van der Waals surface area (Å²) in [6.45, 7) is 6.11. The van der Waals surface area contributed by atoms with Gasteiger partial charge in [0.05, 0.1) is 12.7 Å². The molecule has 96 valence electrons. The minimum atomic E-state index is 0.355. The molecular formula is C13H28N2O. The predicted octanol–water partition coefficient (Wildman–Crippen LogP) is 1.87. The monoisotopic (exact) mass is 228 g/mol. The van der Waals surface area contributed by atoms with Crippen molar-refractivity contribution in [3.63, 3.8) is 0 Å². The van der Waals surface area contributed by atoms with E-state index in [1.165, 1.54) is 25.7 Å². The lowest BCUT2D eigenvalue weighted by Crippen LogP contribution is -2.41. The fraction of sp³-hybridized carbons (Fsp3) is 1.00. The topological polar surface area (TPSA) is 24.5 Å². The molecule has 0 heterocycles. The first-order valence-electron chi connectivity index (χ1n) is 6.62. The van der Waals surface area contributed by atoms with Gasteiger partial charge in [-0.3, -0.25) is 0 Å². The summed E-state index contributed by atoms with van der Waals surface area (Å²) in [7, 11) is 4.30. The zero-order chi connectivity index (χ0) is 12.0. The van der Waals surface area contributed by atoms with Gasteiger partial charge in [-0.25, -0.2) is 0 Å². The summed E-state index contributed by atoms with van der Waals surface area (Å²) in [6, 6.07) is 1.51. The highest BCUT2D eigenvalue weighted by molar-refractivity contribution is 4.80. The Morgan fingerprint density at radius 1 is 1.25 bits per heavy atom. The maximum atomic E-state index is 5.59. The predicted molar refractivity (Wildman–Crippen MR) is 68.8 cm³/mol. The average molecular weight is 228 g/mol. The first-order valence-corrected chi connectivity index (χ1v) is 6.62. The summed E-state index contributed by atoms with van der Waals surface area (Å²) in [5.74, 6) is 0. The molecule has 0 spiro atoms. The first-order chi connectivity index (χ1) is 7.63. The van der Waals surface area contributed by atoms with Crippen LogP contribution in [-0.2, 0) is 4.74 Å². The van der Waals surface area contributed by atoms with Gasteiger partial charge in [0.2, 0.25) is 0 Å². The number of likely N-dealkylation sites (N-methyl/N-ethyl adjacent to an activating group) is 1. The van der Waals surface area contributed by atoms with Crippen molar-refractivity contribution in [2.75, 3.05) is 27.2 Å². The highest BCUT2D eigenvalue weighted by Crippen LogP contribution is 2.21. The summed E-state index contributed by atoms with van der Waals surface area (Å²) in [5.41, 5.74) is 0. The zero-order valence-corrected chi connectivity index (χ0v) is 11.3. The van der Waals surface area contributed by atoms with Crippen molar-refractivity contribution >= 4 is 0 Å². The van der Waals surface area contributed by atoms with E-state index in [0.29, 0.717) is 6.10 Å². The molecule has 0 bridgehead atoms. The van der Waals surface area contributed by atoms with Crippen LogP contribution in [-0.4, -0.2) is 50.3 Å². The number of hydrogen-bond acceptors (Lipinski definition) is 3. The molecule has 3 nitrogen and oxygen atoms in total. The fourth-order valence-electron chi connectivity index (χ4n) is 2.42. The second kappa shape index (κ2) is 7.25. The highest BCUT2D eigenvalue weighted by Gasteiger charge is 2.22. The average Bonchev–Trinajstić information content (AvgIpc) is 2.28. The number of rotatable bonds is 6. The zero-order valence-electron chi connectivity index (χ0n) is 11.3. The lowest BCUT2D eigenvalue weighted by Gasteiger charge is -2.34. The van der Waals surface area contributed by atoms with Crippen LogP contribution in [0.15, 0.2) is 0 Å². The Morgan fingerprint density at radius 3 is 2.38 bits per heavy atom. The van der Waals surface area contributed by atoms with Crippen LogP contribution in [0.25, 0.3) is 0 Å². The molecule has 1 aliphatic rings. The van der Waals surface area contributed by atoms with Crippen LogP contribution in [0.4, 0.5) is 0 Å². The molecule has 16 heavy (non-hydrogen) atoms. The Labute approximate surface area is 101 Å². The number of nitrogens with one attached hydrogen (secondary N) is 1. The van der Waals surface area contributed by atoms with Crippen molar-refractivity contribution in [1.29, 1.82) is 0 Å². The maximum absolute atomic E-state index is 5.59. The Bertz CT molecular complexity index is 177. The van der Waals surface area contributed by atoms with Crippen LogP contribution >= 0.6 is 0 Å². The van der Waals surface area contributed by atoms with Gasteiger partial charge in [0.25, 0.3) is 0 Å². The number of nitrogens with zero attached hydrogens (tertiary/aromatic N) is 1. The molecule has 0 aromatic heterocycles. The number of hydrogen-bond donors (Lipinski definition) is 1. The third kappa shape index (κ3) is 4.81. The molecule has 0 radical (unpaired) electrons. The van der Waals surface area contributed by atoms with E-state index in [2.05, 4.69) is 38.2 Å². The summed E-state index contributed by atoms with van der Waals surface area (Å²) >= 11 is 0. The van der Waals surface area contributed by atoms with Crippen molar-refractivity contribution in [1.82, 2.24) is 10.2 Å². The molecular weight excluding hydrogens is 200 g/mol. The summed E-state index contributed by atoms with van der Waals surface area (Å²) in [6.07, 6.45) is 5.63. The van der Waals surface area contributed by atoms with Crippen molar-refractivity contribution in [2.45, 2.75) is 57.7 Å². The third-order valence-corrected chi connectivity index (χ3v) is 3.62. The van der Waals surface area contributed by atoms with Crippen LogP contribution in [0.5, 0.6) is 0 Å². The van der Waals surface area contributed by atoms with E-state index in [9.17, 15) is 0 Å². The van der Waals surface area contributed by atoms with Crippen LogP contribution < -0.4 is 5.32 Å². The van der Waals surface area contributed by atoms with E-state index in [4.69, 9.17) is 4.74 Å². The summed E-state index contributed by atoms with van der Waals surface area (Å²) in [5, 5.41) is 3.38. The lowest BCUT2D eigenvalue weighted by atomic mass is 9.90. The van der Waals surface area contributed by atoms with E-state index in [0.717, 1.165) is 25.2 Å². The second-order valence-electron chi connectivity index (χ2n) is 5.19. The van der Waals surface area contributed by atoms with E-state index >= 15 is 0 Å². The van der Waals surface area contributed by atoms with Gasteiger partial charge < -0.3 is 15.0 Å². The Kier molecular flexibility index (Phi) is 6.32. The fourth-order valence-corrected chi connectivity index (χ4v) is 2.42. The first kappa shape index (κ1) is 13.9. The summed E-state index contributed by atoms with van der Waals surface area (Å²) < 4.78 is 5.59. The van der Waals surface area contributed by atoms with Crippen LogP contribution in [0.3, 0.4) is 0 Å². The van der Waals surface area contributed by atoms with Crippen molar-refractivity contribution in [3.8, 4) is 0 Å². The van der Waals surface area contributed by atoms with Gasteiger partial charge in [-0.15, -0.1) is 0 Å². The van der Waals surface area contributed by atoms with Gasteiger partial charge >= 0.3 is 0 Å².